The maximum Gasteiger partial charge on any atom is 0.225 e. The molecule has 0 N–H and O–H groups in total. The van der Waals surface area contributed by atoms with Gasteiger partial charge in [-0.05, 0) is 35.4 Å². The lowest BCUT2D eigenvalue weighted by molar-refractivity contribution is -0.456. The fourth-order valence-corrected chi connectivity index (χ4v) is 6.81. The van der Waals surface area contributed by atoms with Crippen LogP contribution >= 0.6 is 11.8 Å². The lowest BCUT2D eigenvalue weighted by Crippen LogP contribution is -2.50. The average molecular weight is 524 g/mol. The summed E-state index contributed by atoms with van der Waals surface area (Å²) in [4.78, 5) is 8.42. The zero-order chi connectivity index (χ0) is 26.1. The molecule has 0 amide bonds. The first-order valence-electron chi connectivity index (χ1n) is 12.9. The summed E-state index contributed by atoms with van der Waals surface area (Å²) in [5.74, 6) is 0. The molecule has 1 saturated heterocycles. The van der Waals surface area contributed by atoms with Crippen molar-refractivity contribution >= 4 is 34.0 Å². The van der Waals surface area contributed by atoms with Gasteiger partial charge in [0.05, 0.1) is 5.69 Å². The Bertz CT molecular complexity index is 1640. The van der Waals surface area contributed by atoms with Crippen molar-refractivity contribution < 1.29 is 4.81 Å². The molecule has 2 aliphatic rings. The van der Waals surface area contributed by atoms with Gasteiger partial charge in [-0.1, -0.05) is 127 Å². The molecule has 188 valence electrons. The van der Waals surface area contributed by atoms with Gasteiger partial charge in [-0.25, -0.2) is 4.99 Å². The molecule has 2 atom stereocenters. The van der Waals surface area contributed by atoms with Crippen molar-refractivity contribution in [2.75, 3.05) is 4.90 Å². The van der Waals surface area contributed by atoms with Crippen molar-refractivity contribution in [1.29, 1.82) is 0 Å². The third-order valence-corrected chi connectivity index (χ3v) is 8.38. The van der Waals surface area contributed by atoms with Crippen molar-refractivity contribution in [2.24, 2.45) is 10.1 Å². The summed E-state index contributed by atoms with van der Waals surface area (Å²) in [6.45, 7) is 0. The van der Waals surface area contributed by atoms with Crippen LogP contribution in [0.1, 0.15) is 11.1 Å². The van der Waals surface area contributed by atoms with Gasteiger partial charge in [-0.3, -0.25) is 0 Å². The Morgan fingerprint density at radius 1 is 0.615 bits per heavy atom. The smallest absolute Gasteiger partial charge is 0.225 e. The highest BCUT2D eigenvalue weighted by Crippen LogP contribution is 2.68. The minimum absolute atomic E-state index is 0.834. The van der Waals surface area contributed by atoms with Crippen molar-refractivity contribution in [2.45, 2.75) is 10.5 Å². The zero-order valence-corrected chi connectivity index (χ0v) is 21.9. The van der Waals surface area contributed by atoms with Gasteiger partial charge in [0.15, 0.2) is 10.8 Å². The van der Waals surface area contributed by atoms with E-state index in [2.05, 4.69) is 77.7 Å². The maximum atomic E-state index is 5.51. The van der Waals surface area contributed by atoms with E-state index in [-0.39, 0.29) is 0 Å². The number of hydrogen-bond acceptors (Lipinski definition) is 3. The number of nitrogens with zero attached hydrogens (tertiary/aromatic N) is 5. The summed E-state index contributed by atoms with van der Waals surface area (Å²) in [7, 11) is 0. The van der Waals surface area contributed by atoms with E-state index >= 15 is 0 Å². The minimum atomic E-state index is -0.953. The van der Waals surface area contributed by atoms with E-state index in [0.29, 0.717) is 0 Å². The van der Waals surface area contributed by atoms with Crippen molar-refractivity contribution in [3.8, 4) is 0 Å². The first-order chi connectivity index (χ1) is 19.3. The number of hydrogen-bond donors (Lipinski definition) is 0. The molecule has 5 nitrogen and oxygen atoms in total. The van der Waals surface area contributed by atoms with Crippen LogP contribution in [-0.4, -0.2) is 9.97 Å². The van der Waals surface area contributed by atoms with Crippen LogP contribution in [0.2, 0.25) is 0 Å². The molecule has 0 unspecified atom stereocenters. The van der Waals surface area contributed by atoms with Gasteiger partial charge in [-0.2, -0.15) is 10.5 Å². The molecule has 0 aromatic heterocycles. The molecule has 5 aromatic carbocycles. The van der Waals surface area contributed by atoms with Crippen LogP contribution in [0, 0.1) is 0 Å². The number of amidine groups is 1. The van der Waals surface area contributed by atoms with Gasteiger partial charge in [0.25, 0.3) is 0 Å². The molecule has 39 heavy (non-hydrogen) atoms. The number of anilines is 1. The summed E-state index contributed by atoms with van der Waals surface area (Å²) >= 11 is 1.65. The van der Waals surface area contributed by atoms with Crippen LogP contribution in [0.3, 0.4) is 0 Å². The number of benzene rings is 5. The third kappa shape index (κ3) is 3.75. The Kier molecular flexibility index (Phi) is 5.75. The molecule has 0 bridgehead atoms. The quantitative estimate of drug-likeness (QED) is 0.216. The Labute approximate surface area is 232 Å². The molecular weight excluding hydrogens is 498 g/mol. The molecule has 2 aliphatic heterocycles. The van der Waals surface area contributed by atoms with Crippen LogP contribution in [0.5, 0.6) is 0 Å². The SMILES string of the molecule is c1ccc(N=C2S[C@@]3(c4ccccc4)[N-][N+](c4ccccc4)=N[C@@]3(c3ccccc3)N2c2ccccc2)cc1. The summed E-state index contributed by atoms with van der Waals surface area (Å²) < 4.78 is 0. The van der Waals surface area contributed by atoms with Gasteiger partial charge in [0.2, 0.25) is 5.69 Å². The Morgan fingerprint density at radius 2 is 1.13 bits per heavy atom. The largest absolute Gasteiger partial charge is 0.304 e. The van der Waals surface area contributed by atoms with E-state index in [9.17, 15) is 0 Å². The summed E-state index contributed by atoms with van der Waals surface area (Å²) in [5.41, 5.74) is 9.37. The van der Waals surface area contributed by atoms with Crippen LogP contribution in [0.4, 0.5) is 17.1 Å². The molecule has 2 heterocycles. The summed E-state index contributed by atoms with van der Waals surface area (Å²) in [6, 6.07) is 51.6. The second-order valence-corrected chi connectivity index (χ2v) is 10.5. The van der Waals surface area contributed by atoms with Crippen LogP contribution in [0.25, 0.3) is 5.43 Å². The number of rotatable bonds is 5. The molecular formula is C33H25N5S. The van der Waals surface area contributed by atoms with Crippen LogP contribution in [0.15, 0.2) is 162 Å². The highest BCUT2D eigenvalue weighted by Gasteiger charge is 2.67. The third-order valence-electron chi connectivity index (χ3n) is 7.03. The molecule has 6 heteroatoms. The van der Waals surface area contributed by atoms with E-state index in [1.165, 1.54) is 0 Å². The fourth-order valence-electron chi connectivity index (χ4n) is 5.31. The molecule has 7 rings (SSSR count). The number of para-hydroxylation sites is 3. The van der Waals surface area contributed by atoms with Crippen molar-refractivity contribution in [3.63, 3.8) is 0 Å². The van der Waals surface area contributed by atoms with Gasteiger partial charge in [-0.15, -0.1) is 4.81 Å². The number of aliphatic imine (C=N–C) groups is 1. The molecule has 0 spiro atoms. The van der Waals surface area contributed by atoms with E-state index in [1.807, 2.05) is 83.7 Å². The highest BCUT2D eigenvalue weighted by atomic mass is 32.2. The van der Waals surface area contributed by atoms with Crippen LogP contribution in [-0.2, 0) is 10.5 Å². The topological polar surface area (TPSA) is 45.1 Å². The predicted octanol–water partition coefficient (Wildman–Crippen LogP) is 8.73. The molecule has 0 radical (unpaired) electrons. The maximum absolute atomic E-state index is 5.51. The number of azo groups is 1. The van der Waals surface area contributed by atoms with E-state index < -0.39 is 10.5 Å². The molecule has 0 aliphatic carbocycles. The molecule has 1 fully saturated rings. The van der Waals surface area contributed by atoms with Crippen molar-refractivity contribution in [3.05, 3.63) is 168 Å². The van der Waals surface area contributed by atoms with E-state index in [0.717, 1.165) is 33.4 Å². The predicted molar refractivity (Wildman–Crippen MR) is 158 cm³/mol. The van der Waals surface area contributed by atoms with Gasteiger partial charge < -0.3 is 4.90 Å². The Balaban J connectivity index is 1.58. The highest BCUT2D eigenvalue weighted by molar-refractivity contribution is 8.15. The first-order valence-corrected chi connectivity index (χ1v) is 13.7. The van der Waals surface area contributed by atoms with Crippen molar-refractivity contribution in [1.82, 2.24) is 0 Å². The van der Waals surface area contributed by atoms with E-state index in [1.54, 1.807) is 11.8 Å². The second-order valence-electron chi connectivity index (χ2n) is 9.38. The monoisotopic (exact) mass is 523 g/mol. The lowest BCUT2D eigenvalue weighted by Gasteiger charge is -2.43. The minimum Gasteiger partial charge on any atom is -0.304 e. The number of thioether (sulfide) groups is 1. The fraction of sp³-hybridized carbons (Fsp3) is 0.0606. The Morgan fingerprint density at radius 3 is 1.74 bits per heavy atom. The first kappa shape index (κ1) is 23.4. The number of fused-ring (bicyclic) bond motifs is 1. The second kappa shape index (κ2) is 9.57. The standard InChI is InChI=1S/C33H25N5S/c1-6-16-26(17-7-1)32-33(27-18-8-2-9-19-27,36-38(35-32)30-24-14-5-15-25-30)39-31(34-28-20-10-3-11-21-28)37(32)29-22-12-4-13-23-29/h1-25H/t32-,33+/m0/s1. The summed E-state index contributed by atoms with van der Waals surface area (Å²) in [6.07, 6.45) is 0. The van der Waals surface area contributed by atoms with Gasteiger partial charge in [0.1, 0.15) is 4.87 Å². The molecule has 5 aromatic rings. The van der Waals surface area contributed by atoms with Gasteiger partial charge >= 0.3 is 0 Å². The van der Waals surface area contributed by atoms with Crippen LogP contribution < -0.4 is 4.90 Å². The molecule has 0 saturated carbocycles. The Hall–Kier alpha value is -4.68. The lowest BCUT2D eigenvalue weighted by atomic mass is 9.85. The normalized spacial score (nSPS) is 22.8. The zero-order valence-electron chi connectivity index (χ0n) is 21.1. The average Bonchev–Trinajstić information content (AvgIpc) is 3.49. The van der Waals surface area contributed by atoms with Gasteiger partial charge in [0, 0.05) is 17.8 Å². The van der Waals surface area contributed by atoms with E-state index in [4.69, 9.17) is 15.5 Å². The summed E-state index contributed by atoms with van der Waals surface area (Å²) in [5, 5.41) is 6.34.